The first-order valence-corrected chi connectivity index (χ1v) is 11.7. The fourth-order valence-corrected chi connectivity index (χ4v) is 5.34. The Balaban J connectivity index is 1.50. The highest BCUT2D eigenvalue weighted by Gasteiger charge is 2.41. The number of nitrogens with zero attached hydrogens (tertiary/aromatic N) is 2. The van der Waals surface area contributed by atoms with Gasteiger partial charge in [0, 0.05) is 24.5 Å². The highest BCUT2D eigenvalue weighted by atomic mass is 79.9. The number of aryl methyl sites for hydroxylation is 1. The van der Waals surface area contributed by atoms with E-state index in [1.54, 1.807) is 15.9 Å². The van der Waals surface area contributed by atoms with Crippen LogP contribution in [0.2, 0.25) is 0 Å². The lowest BCUT2D eigenvalue weighted by Gasteiger charge is -2.27. The maximum atomic E-state index is 12.8. The van der Waals surface area contributed by atoms with Crippen molar-refractivity contribution in [2.75, 3.05) is 36.1 Å². The summed E-state index contributed by atoms with van der Waals surface area (Å²) in [5, 5.41) is 3.03. The Morgan fingerprint density at radius 1 is 1.16 bits per heavy atom. The van der Waals surface area contributed by atoms with Crippen molar-refractivity contribution in [2.45, 2.75) is 32.2 Å². The Hall–Kier alpha value is -2.23. The van der Waals surface area contributed by atoms with Gasteiger partial charge < -0.3 is 19.9 Å². The van der Waals surface area contributed by atoms with E-state index in [2.05, 4.69) is 21.2 Å². The van der Waals surface area contributed by atoms with E-state index in [1.807, 2.05) is 38.1 Å². The number of thiophene rings is 1. The largest absolute Gasteiger partial charge is 0.379 e. The minimum Gasteiger partial charge on any atom is -0.379 e. The maximum Gasteiger partial charge on any atom is 0.261 e. The van der Waals surface area contributed by atoms with Crippen molar-refractivity contribution in [1.29, 1.82) is 0 Å². The van der Waals surface area contributed by atoms with Gasteiger partial charge in [0.25, 0.3) is 5.91 Å². The lowest BCUT2D eigenvalue weighted by molar-refractivity contribution is -0.119. The van der Waals surface area contributed by atoms with Gasteiger partial charge in [-0.1, -0.05) is 0 Å². The van der Waals surface area contributed by atoms with E-state index in [0.717, 1.165) is 20.7 Å². The van der Waals surface area contributed by atoms with Crippen LogP contribution >= 0.6 is 27.3 Å². The SMILES string of the molecule is Cc1cc(N2CC(C)(NC(=O)c3ccc(Br)s3)CC2=O)ccc1N1CCOCCC1=O. The number of rotatable bonds is 4. The fourth-order valence-electron chi connectivity index (χ4n) is 4.06. The number of hydrogen-bond acceptors (Lipinski definition) is 5. The molecule has 1 unspecified atom stereocenters. The highest BCUT2D eigenvalue weighted by molar-refractivity contribution is 9.11. The van der Waals surface area contributed by atoms with Crippen LogP contribution in [0.5, 0.6) is 0 Å². The molecule has 3 heterocycles. The van der Waals surface area contributed by atoms with E-state index in [4.69, 9.17) is 4.74 Å². The van der Waals surface area contributed by atoms with Crippen molar-refractivity contribution in [1.82, 2.24) is 5.32 Å². The second kappa shape index (κ2) is 8.72. The second-order valence-corrected chi connectivity index (χ2v) is 10.6. The standard InChI is InChI=1S/C22H24BrN3O4S/c1-14-11-15(3-4-16(14)25-8-10-30-9-7-19(25)27)26-13-22(2,12-20(26)28)24-21(29)17-5-6-18(23)31-17/h3-6,11H,7-10,12-13H2,1-2H3,(H,24,29). The summed E-state index contributed by atoms with van der Waals surface area (Å²) in [6.45, 7) is 5.69. The number of hydrogen-bond donors (Lipinski definition) is 1. The van der Waals surface area contributed by atoms with Crippen LogP contribution in [0.3, 0.4) is 0 Å². The van der Waals surface area contributed by atoms with Crippen LogP contribution in [0.1, 0.15) is 35.0 Å². The van der Waals surface area contributed by atoms with Gasteiger partial charge in [0.2, 0.25) is 11.8 Å². The number of carbonyl (C=O) groups is 3. The molecule has 9 heteroatoms. The minimum atomic E-state index is -0.657. The average molecular weight is 506 g/mol. The fraction of sp³-hybridized carbons (Fsp3) is 0.409. The number of anilines is 2. The van der Waals surface area contributed by atoms with Gasteiger partial charge in [-0.05, 0) is 65.7 Å². The Morgan fingerprint density at radius 3 is 2.68 bits per heavy atom. The molecule has 3 amide bonds. The van der Waals surface area contributed by atoms with E-state index in [1.165, 1.54) is 11.3 Å². The smallest absolute Gasteiger partial charge is 0.261 e. The maximum absolute atomic E-state index is 12.8. The third-order valence-corrected chi connectivity index (χ3v) is 7.19. The number of benzene rings is 1. The summed E-state index contributed by atoms with van der Waals surface area (Å²) in [4.78, 5) is 41.9. The molecule has 2 aliphatic heterocycles. The quantitative estimate of drug-likeness (QED) is 0.689. The topological polar surface area (TPSA) is 79.0 Å². The summed E-state index contributed by atoms with van der Waals surface area (Å²) in [6, 6.07) is 9.27. The molecule has 0 bridgehead atoms. The van der Waals surface area contributed by atoms with Gasteiger partial charge >= 0.3 is 0 Å². The first kappa shape index (κ1) is 22.0. The normalized spacial score (nSPS) is 22.0. The molecule has 2 saturated heterocycles. The summed E-state index contributed by atoms with van der Waals surface area (Å²) in [7, 11) is 0. The molecule has 0 aliphatic carbocycles. The van der Waals surface area contributed by atoms with E-state index < -0.39 is 5.54 Å². The molecule has 2 aliphatic rings. The van der Waals surface area contributed by atoms with Crippen molar-refractivity contribution in [2.24, 2.45) is 0 Å². The molecule has 2 aromatic rings. The van der Waals surface area contributed by atoms with E-state index in [9.17, 15) is 14.4 Å². The minimum absolute atomic E-state index is 0.0402. The molecule has 1 aromatic heterocycles. The third-order valence-electron chi connectivity index (χ3n) is 5.57. The monoisotopic (exact) mass is 505 g/mol. The number of carbonyl (C=O) groups excluding carboxylic acids is 3. The Kier molecular flexibility index (Phi) is 6.18. The highest BCUT2D eigenvalue weighted by Crippen LogP contribution is 2.32. The molecule has 0 spiro atoms. The predicted molar refractivity (Wildman–Crippen MR) is 124 cm³/mol. The third kappa shape index (κ3) is 4.68. The number of amides is 3. The molecule has 2 fully saturated rings. The van der Waals surface area contributed by atoms with E-state index >= 15 is 0 Å². The first-order chi connectivity index (χ1) is 14.8. The molecular formula is C22H24BrN3O4S. The Morgan fingerprint density at radius 2 is 1.97 bits per heavy atom. The van der Waals surface area contributed by atoms with Gasteiger partial charge in [-0.25, -0.2) is 0 Å². The number of halogens is 1. The zero-order valence-corrected chi connectivity index (χ0v) is 19.8. The molecule has 1 atom stereocenters. The molecule has 0 saturated carbocycles. The van der Waals surface area contributed by atoms with Crippen LogP contribution in [0, 0.1) is 6.92 Å². The van der Waals surface area contributed by atoms with Crippen LogP contribution in [-0.2, 0) is 14.3 Å². The van der Waals surface area contributed by atoms with Crippen LogP contribution in [0.4, 0.5) is 11.4 Å². The predicted octanol–water partition coefficient (Wildman–Crippen LogP) is 3.50. The zero-order chi connectivity index (χ0) is 22.2. The van der Waals surface area contributed by atoms with Gasteiger partial charge in [0.15, 0.2) is 0 Å². The molecule has 1 aromatic carbocycles. The first-order valence-electron chi connectivity index (χ1n) is 10.1. The van der Waals surface area contributed by atoms with Crippen molar-refractivity contribution < 1.29 is 19.1 Å². The molecular weight excluding hydrogens is 482 g/mol. The van der Waals surface area contributed by atoms with Crippen LogP contribution in [0.25, 0.3) is 0 Å². The van der Waals surface area contributed by atoms with Gasteiger partial charge in [0.1, 0.15) is 0 Å². The van der Waals surface area contributed by atoms with Crippen molar-refractivity contribution in [3.05, 3.63) is 44.6 Å². The molecule has 164 valence electrons. The van der Waals surface area contributed by atoms with Gasteiger partial charge in [0.05, 0.1) is 40.3 Å². The van der Waals surface area contributed by atoms with Crippen molar-refractivity contribution in [3.8, 4) is 0 Å². The molecule has 31 heavy (non-hydrogen) atoms. The molecule has 0 radical (unpaired) electrons. The van der Waals surface area contributed by atoms with Gasteiger partial charge in [-0.3, -0.25) is 14.4 Å². The van der Waals surface area contributed by atoms with Crippen molar-refractivity contribution >= 4 is 56.4 Å². The number of ether oxygens (including phenoxy) is 1. The Labute approximate surface area is 193 Å². The number of nitrogens with one attached hydrogen (secondary N) is 1. The lowest BCUT2D eigenvalue weighted by atomic mass is 10.0. The molecule has 1 N–H and O–H groups in total. The van der Waals surface area contributed by atoms with Crippen LogP contribution < -0.4 is 15.1 Å². The van der Waals surface area contributed by atoms with Gasteiger partial charge in [-0.2, -0.15) is 0 Å². The van der Waals surface area contributed by atoms with Crippen LogP contribution in [-0.4, -0.2) is 49.6 Å². The summed E-state index contributed by atoms with van der Waals surface area (Å²) >= 11 is 4.73. The summed E-state index contributed by atoms with van der Waals surface area (Å²) in [5.41, 5.74) is 1.86. The van der Waals surface area contributed by atoms with Gasteiger partial charge in [-0.15, -0.1) is 11.3 Å². The Bertz CT molecular complexity index is 1040. The summed E-state index contributed by atoms with van der Waals surface area (Å²) < 4.78 is 6.30. The van der Waals surface area contributed by atoms with E-state index in [-0.39, 0.29) is 24.1 Å². The van der Waals surface area contributed by atoms with Crippen LogP contribution in [0.15, 0.2) is 34.1 Å². The molecule has 7 nitrogen and oxygen atoms in total. The lowest BCUT2D eigenvalue weighted by Crippen LogP contribution is -2.47. The van der Waals surface area contributed by atoms with Crippen molar-refractivity contribution in [3.63, 3.8) is 0 Å². The second-order valence-electron chi connectivity index (χ2n) is 8.15. The molecule has 4 rings (SSSR count). The zero-order valence-electron chi connectivity index (χ0n) is 17.4. The van der Waals surface area contributed by atoms with E-state index in [0.29, 0.717) is 37.6 Å². The summed E-state index contributed by atoms with van der Waals surface area (Å²) in [6.07, 6.45) is 0.596. The summed E-state index contributed by atoms with van der Waals surface area (Å²) in [5.74, 6) is -0.177. The average Bonchev–Trinajstić information content (AvgIpc) is 3.20.